The molecule has 0 aliphatic rings. The Morgan fingerprint density at radius 1 is 0.578 bits per heavy atom. The summed E-state index contributed by atoms with van der Waals surface area (Å²) in [6.45, 7) is 3.86. The van der Waals surface area contributed by atoms with E-state index in [2.05, 4.69) is 13.8 Å². The largest absolute Gasteiger partial charge is 0.491 e. The molecule has 0 aliphatic carbocycles. The normalized spacial score (nSPS) is 12.5. The lowest BCUT2D eigenvalue weighted by Gasteiger charge is -2.26. The molecule has 2 unspecified atom stereocenters. The maximum Gasteiger partial charge on any atom is 0.372 e. The Morgan fingerprint density at radius 3 is 1.29 bits per heavy atom. The summed E-state index contributed by atoms with van der Waals surface area (Å²) in [6.07, 6.45) is -1.92. The van der Waals surface area contributed by atoms with Crippen LogP contribution in [0.3, 0.4) is 0 Å². The highest BCUT2D eigenvalue weighted by Crippen LogP contribution is 2.33. The smallest absolute Gasteiger partial charge is 0.372 e. The van der Waals surface area contributed by atoms with Crippen molar-refractivity contribution in [2.75, 3.05) is 26.4 Å². The van der Waals surface area contributed by atoms with Crippen LogP contribution in [0.25, 0.3) is 0 Å². The van der Waals surface area contributed by atoms with Crippen molar-refractivity contribution in [3.63, 3.8) is 0 Å². The van der Waals surface area contributed by atoms with E-state index in [1.807, 2.05) is 109 Å². The van der Waals surface area contributed by atoms with Crippen LogP contribution < -0.4 is 9.47 Å². The average Bonchev–Trinajstić information content (AvgIpc) is 3.06. The van der Waals surface area contributed by atoms with Crippen LogP contribution in [-0.2, 0) is 14.9 Å². The van der Waals surface area contributed by atoms with Crippen LogP contribution in [0.2, 0.25) is 0 Å². The van der Waals surface area contributed by atoms with E-state index in [0.717, 1.165) is 44.4 Å². The summed E-state index contributed by atoms with van der Waals surface area (Å²) in [6, 6.07) is 33.5. The number of carbonyl (C=O) groups is 2. The molecule has 2 atom stereocenters. The number of carbonyl (C=O) groups excluding carboxylic acids is 2. The number of aliphatic hydroxyl groups is 2. The highest BCUT2D eigenvalue weighted by atomic mass is 32.2. The molecule has 0 heterocycles. The number of ether oxygens (including phenoxy) is 4. The molecule has 10 heteroatoms. The van der Waals surface area contributed by atoms with Gasteiger partial charge in [0.1, 0.15) is 50.1 Å². The average molecular weight is 649 g/mol. The third-order valence-corrected chi connectivity index (χ3v) is 8.30. The van der Waals surface area contributed by atoms with Crippen molar-refractivity contribution in [3.05, 3.63) is 120 Å². The summed E-state index contributed by atoms with van der Waals surface area (Å²) >= 11 is 1.93. The van der Waals surface area contributed by atoms with E-state index < -0.39 is 22.8 Å². The molecule has 0 fully saturated rings. The van der Waals surface area contributed by atoms with E-state index in [4.69, 9.17) is 18.9 Å². The van der Waals surface area contributed by atoms with Gasteiger partial charge in [0, 0.05) is 15.2 Å². The zero-order valence-corrected chi connectivity index (χ0v) is 26.7. The highest BCUT2D eigenvalue weighted by Gasteiger charge is 2.23. The molecule has 2 N–H and O–H groups in total. The van der Waals surface area contributed by atoms with Gasteiger partial charge in [-0.15, -0.1) is 0 Å². The minimum Gasteiger partial charge on any atom is -0.491 e. The first kappa shape index (κ1) is 33.9. The maximum atomic E-state index is 12.0. The SMILES string of the molecule is CC(C)(c1ccc(OCC(O)COC(=O)Sc2ccccc2)cc1)c1ccc(OCC(O)COC(=O)Sc2ccccc2)cc1. The molecular weight excluding hydrogens is 613 g/mol. The van der Waals surface area contributed by atoms with Gasteiger partial charge in [0.05, 0.1) is 0 Å². The molecule has 0 saturated heterocycles. The molecule has 0 bridgehead atoms. The Bertz CT molecular complexity index is 1370. The van der Waals surface area contributed by atoms with Gasteiger partial charge in [0.2, 0.25) is 0 Å². The predicted octanol–water partition coefficient (Wildman–Crippen LogP) is 7.35. The Kier molecular flexibility index (Phi) is 12.8. The molecule has 4 aromatic carbocycles. The van der Waals surface area contributed by atoms with Gasteiger partial charge in [0.15, 0.2) is 0 Å². The summed E-state index contributed by atoms with van der Waals surface area (Å²) in [5, 5.41) is 19.4. The van der Waals surface area contributed by atoms with E-state index in [1.54, 1.807) is 0 Å². The number of benzene rings is 4. The van der Waals surface area contributed by atoms with Crippen LogP contribution in [0.15, 0.2) is 119 Å². The van der Waals surface area contributed by atoms with Gasteiger partial charge in [-0.2, -0.15) is 0 Å². The fourth-order valence-electron chi connectivity index (χ4n) is 4.14. The quantitative estimate of drug-likeness (QED) is 0.106. The van der Waals surface area contributed by atoms with Gasteiger partial charge in [-0.05, 0) is 83.2 Å². The molecule has 4 aromatic rings. The lowest BCUT2D eigenvalue weighted by molar-refractivity contribution is 0.0472. The fraction of sp³-hybridized carbons (Fsp3) is 0.257. The monoisotopic (exact) mass is 648 g/mol. The maximum absolute atomic E-state index is 12.0. The lowest BCUT2D eigenvalue weighted by Crippen LogP contribution is -2.24. The van der Waals surface area contributed by atoms with Crippen LogP contribution >= 0.6 is 23.5 Å². The number of hydrogen-bond acceptors (Lipinski definition) is 10. The van der Waals surface area contributed by atoms with Gasteiger partial charge in [-0.3, -0.25) is 0 Å². The second kappa shape index (κ2) is 16.9. The molecule has 0 radical (unpaired) electrons. The summed E-state index contributed by atoms with van der Waals surface area (Å²) in [5.74, 6) is 1.18. The van der Waals surface area contributed by atoms with Gasteiger partial charge >= 0.3 is 10.6 Å². The minimum atomic E-state index is -0.961. The third kappa shape index (κ3) is 11.2. The fourth-order valence-corrected chi connectivity index (χ4v) is 5.37. The predicted molar refractivity (Wildman–Crippen MR) is 175 cm³/mol. The van der Waals surface area contributed by atoms with E-state index >= 15 is 0 Å². The molecule has 8 nitrogen and oxygen atoms in total. The van der Waals surface area contributed by atoms with Crippen LogP contribution in [0.5, 0.6) is 11.5 Å². The molecular formula is C35H36O8S2. The number of rotatable bonds is 14. The lowest BCUT2D eigenvalue weighted by atomic mass is 9.78. The first-order valence-electron chi connectivity index (χ1n) is 14.3. The zero-order valence-electron chi connectivity index (χ0n) is 25.0. The van der Waals surface area contributed by atoms with Crippen molar-refractivity contribution in [1.82, 2.24) is 0 Å². The second-order valence-electron chi connectivity index (χ2n) is 10.6. The van der Waals surface area contributed by atoms with E-state index in [-0.39, 0.29) is 31.8 Å². The zero-order chi connectivity index (χ0) is 32.1. The van der Waals surface area contributed by atoms with Crippen LogP contribution in [-0.4, -0.2) is 59.5 Å². The second-order valence-corrected chi connectivity index (χ2v) is 12.6. The number of thioether (sulfide) groups is 2. The van der Waals surface area contributed by atoms with Crippen LogP contribution in [0.1, 0.15) is 25.0 Å². The van der Waals surface area contributed by atoms with E-state index in [0.29, 0.717) is 11.5 Å². The summed E-state index contributed by atoms with van der Waals surface area (Å²) < 4.78 is 21.7. The first-order chi connectivity index (χ1) is 21.7. The standard InChI is InChI=1S/C35H36O8S2/c1-35(2,25-13-17-29(18-14-25)40-21-27(36)23-42-33(38)44-31-9-5-3-6-10-31)26-15-19-30(20-16-26)41-22-28(37)24-43-34(39)45-32-11-7-4-8-12-32/h3-20,27-28,36-37H,21-24H2,1-2H3. The van der Waals surface area contributed by atoms with Gasteiger partial charge < -0.3 is 29.2 Å². The van der Waals surface area contributed by atoms with E-state index in [9.17, 15) is 19.8 Å². The summed E-state index contributed by atoms with van der Waals surface area (Å²) in [4.78, 5) is 25.5. The molecule has 45 heavy (non-hydrogen) atoms. The van der Waals surface area contributed by atoms with Crippen molar-refractivity contribution >= 4 is 34.1 Å². The van der Waals surface area contributed by atoms with Crippen molar-refractivity contribution in [1.29, 1.82) is 0 Å². The molecule has 0 aliphatic heterocycles. The van der Waals surface area contributed by atoms with Crippen LogP contribution in [0.4, 0.5) is 9.59 Å². The Balaban J connectivity index is 1.18. The van der Waals surface area contributed by atoms with E-state index in [1.165, 1.54) is 0 Å². The molecule has 0 saturated carbocycles. The molecule has 236 valence electrons. The van der Waals surface area contributed by atoms with Crippen molar-refractivity contribution in [2.45, 2.75) is 41.3 Å². The Labute approximate surface area is 271 Å². The number of hydrogen-bond donors (Lipinski definition) is 2. The van der Waals surface area contributed by atoms with Gasteiger partial charge in [0.25, 0.3) is 0 Å². The minimum absolute atomic E-state index is 0.0166. The van der Waals surface area contributed by atoms with Crippen molar-refractivity contribution in [3.8, 4) is 11.5 Å². The third-order valence-electron chi connectivity index (χ3n) is 6.71. The Morgan fingerprint density at radius 2 is 0.933 bits per heavy atom. The summed E-state index contributed by atoms with van der Waals surface area (Å²) in [5.41, 5.74) is 1.79. The summed E-state index contributed by atoms with van der Waals surface area (Å²) in [7, 11) is 0. The molecule has 0 amide bonds. The topological polar surface area (TPSA) is 112 Å². The molecule has 4 rings (SSSR count). The number of aliphatic hydroxyl groups excluding tert-OH is 2. The van der Waals surface area contributed by atoms with Gasteiger partial charge in [-0.1, -0.05) is 74.5 Å². The van der Waals surface area contributed by atoms with Crippen LogP contribution in [0, 0.1) is 0 Å². The van der Waals surface area contributed by atoms with Gasteiger partial charge in [-0.25, -0.2) is 9.59 Å². The first-order valence-corrected chi connectivity index (χ1v) is 15.9. The van der Waals surface area contributed by atoms with Crippen molar-refractivity contribution < 1.29 is 38.7 Å². The molecule has 0 spiro atoms. The Hall–Kier alpha value is -3.96. The highest BCUT2D eigenvalue weighted by molar-refractivity contribution is 8.13. The molecule has 0 aromatic heterocycles. The van der Waals surface area contributed by atoms with Crippen molar-refractivity contribution in [2.24, 2.45) is 0 Å².